The third-order valence-electron chi connectivity index (χ3n) is 3.38. The normalized spacial score (nSPS) is 10.1. The van der Waals surface area contributed by atoms with Gasteiger partial charge in [-0.15, -0.1) is 0 Å². The molecule has 2 aromatic carbocycles. The lowest BCUT2D eigenvalue weighted by atomic mass is 10.1. The van der Waals surface area contributed by atoms with Crippen molar-refractivity contribution in [3.05, 3.63) is 59.4 Å². The minimum atomic E-state index is -0.434. The van der Waals surface area contributed by atoms with Crippen molar-refractivity contribution in [3.63, 3.8) is 0 Å². The molecule has 0 fully saturated rings. The number of halogens is 1. The first-order valence-electron chi connectivity index (χ1n) is 7.47. The SMILES string of the molecule is Cc1cccc(C)c1NC(=O)CNC(=O)COc1ccc(F)cc1. The average Bonchev–Trinajstić information content (AvgIpc) is 2.56. The first-order valence-corrected chi connectivity index (χ1v) is 7.47. The van der Waals surface area contributed by atoms with Crippen LogP contribution >= 0.6 is 0 Å². The summed E-state index contributed by atoms with van der Waals surface area (Å²) in [4.78, 5) is 23.6. The van der Waals surface area contributed by atoms with E-state index in [4.69, 9.17) is 4.74 Å². The second-order valence-electron chi connectivity index (χ2n) is 5.33. The minimum Gasteiger partial charge on any atom is -0.484 e. The monoisotopic (exact) mass is 330 g/mol. The van der Waals surface area contributed by atoms with Crippen molar-refractivity contribution in [2.75, 3.05) is 18.5 Å². The van der Waals surface area contributed by atoms with Crippen LogP contribution in [0.15, 0.2) is 42.5 Å². The summed E-state index contributed by atoms with van der Waals surface area (Å²) in [6.07, 6.45) is 0. The predicted molar refractivity (Wildman–Crippen MR) is 89.5 cm³/mol. The highest BCUT2D eigenvalue weighted by Gasteiger charge is 2.09. The fraction of sp³-hybridized carbons (Fsp3) is 0.222. The number of carbonyl (C=O) groups excluding carboxylic acids is 2. The van der Waals surface area contributed by atoms with Gasteiger partial charge in [0.1, 0.15) is 11.6 Å². The van der Waals surface area contributed by atoms with Crippen molar-refractivity contribution in [1.29, 1.82) is 0 Å². The summed E-state index contributed by atoms with van der Waals surface area (Å²) in [5.74, 6) is -0.750. The van der Waals surface area contributed by atoms with Gasteiger partial charge in [-0.05, 0) is 49.2 Å². The van der Waals surface area contributed by atoms with Crippen molar-refractivity contribution >= 4 is 17.5 Å². The molecule has 126 valence electrons. The zero-order valence-corrected chi connectivity index (χ0v) is 13.6. The summed E-state index contributed by atoms with van der Waals surface area (Å²) in [5, 5.41) is 5.25. The van der Waals surface area contributed by atoms with Gasteiger partial charge >= 0.3 is 0 Å². The largest absolute Gasteiger partial charge is 0.484 e. The Balaban J connectivity index is 1.77. The van der Waals surface area contributed by atoms with Gasteiger partial charge in [0, 0.05) is 5.69 Å². The number of carbonyl (C=O) groups is 2. The van der Waals surface area contributed by atoms with Crippen molar-refractivity contribution < 1.29 is 18.7 Å². The lowest BCUT2D eigenvalue weighted by Crippen LogP contribution is -2.36. The van der Waals surface area contributed by atoms with E-state index in [0.717, 1.165) is 16.8 Å². The smallest absolute Gasteiger partial charge is 0.258 e. The van der Waals surface area contributed by atoms with E-state index in [1.54, 1.807) is 0 Å². The highest BCUT2D eigenvalue weighted by atomic mass is 19.1. The second-order valence-corrected chi connectivity index (χ2v) is 5.33. The van der Waals surface area contributed by atoms with Gasteiger partial charge in [-0.25, -0.2) is 4.39 Å². The number of hydrogen-bond donors (Lipinski definition) is 2. The standard InChI is InChI=1S/C18H19FN2O3/c1-12-4-3-5-13(2)18(12)21-16(22)10-20-17(23)11-24-15-8-6-14(19)7-9-15/h3-9H,10-11H2,1-2H3,(H,20,23)(H,21,22). The Kier molecular flexibility index (Phi) is 5.89. The molecule has 0 saturated heterocycles. The molecule has 2 amide bonds. The van der Waals surface area contributed by atoms with Crippen LogP contribution < -0.4 is 15.4 Å². The van der Waals surface area contributed by atoms with Crippen molar-refractivity contribution in [2.24, 2.45) is 0 Å². The third kappa shape index (κ3) is 5.08. The maximum absolute atomic E-state index is 12.8. The lowest BCUT2D eigenvalue weighted by Gasteiger charge is -2.12. The molecule has 0 bridgehead atoms. The van der Waals surface area contributed by atoms with E-state index >= 15 is 0 Å². The summed E-state index contributed by atoms with van der Waals surface area (Å²) in [6.45, 7) is 3.40. The van der Waals surface area contributed by atoms with E-state index < -0.39 is 5.91 Å². The number of benzene rings is 2. The molecule has 0 unspecified atom stereocenters. The van der Waals surface area contributed by atoms with Crippen molar-refractivity contribution in [1.82, 2.24) is 5.32 Å². The molecule has 0 aliphatic carbocycles. The Morgan fingerprint density at radius 2 is 1.62 bits per heavy atom. The van der Waals surface area contributed by atoms with Crippen LogP contribution in [0.2, 0.25) is 0 Å². The van der Waals surface area contributed by atoms with Crippen LogP contribution in [0.25, 0.3) is 0 Å². The van der Waals surface area contributed by atoms with Crippen LogP contribution in [0.3, 0.4) is 0 Å². The van der Waals surface area contributed by atoms with Gasteiger partial charge in [0.05, 0.1) is 6.54 Å². The summed E-state index contributed by atoms with van der Waals surface area (Å²) in [7, 11) is 0. The molecular formula is C18H19FN2O3. The minimum absolute atomic E-state index is 0.153. The molecule has 24 heavy (non-hydrogen) atoms. The van der Waals surface area contributed by atoms with Crippen LogP contribution in [-0.4, -0.2) is 25.0 Å². The molecule has 0 saturated carbocycles. The van der Waals surface area contributed by atoms with E-state index in [2.05, 4.69) is 10.6 Å². The average molecular weight is 330 g/mol. The summed E-state index contributed by atoms with van der Waals surface area (Å²) in [6, 6.07) is 11.0. The van der Waals surface area contributed by atoms with Gasteiger partial charge in [-0.2, -0.15) is 0 Å². The van der Waals surface area contributed by atoms with Crippen molar-refractivity contribution in [3.8, 4) is 5.75 Å². The molecule has 0 spiro atoms. The Morgan fingerprint density at radius 1 is 1.00 bits per heavy atom. The predicted octanol–water partition coefficient (Wildman–Crippen LogP) is 2.58. The third-order valence-corrected chi connectivity index (χ3v) is 3.38. The molecular weight excluding hydrogens is 311 g/mol. The Bertz CT molecular complexity index is 709. The fourth-order valence-electron chi connectivity index (χ4n) is 2.10. The molecule has 0 aliphatic heterocycles. The van der Waals surface area contributed by atoms with Crippen LogP contribution in [0.5, 0.6) is 5.75 Å². The van der Waals surface area contributed by atoms with Gasteiger partial charge in [-0.1, -0.05) is 18.2 Å². The van der Waals surface area contributed by atoms with Gasteiger partial charge < -0.3 is 15.4 Å². The quantitative estimate of drug-likeness (QED) is 0.855. The maximum Gasteiger partial charge on any atom is 0.258 e. The summed E-state index contributed by atoms with van der Waals surface area (Å²) in [5.41, 5.74) is 2.66. The zero-order valence-electron chi connectivity index (χ0n) is 13.6. The molecule has 0 aliphatic rings. The van der Waals surface area contributed by atoms with Crippen LogP contribution in [0.4, 0.5) is 10.1 Å². The molecule has 5 nitrogen and oxygen atoms in total. The molecule has 0 atom stereocenters. The van der Waals surface area contributed by atoms with Crippen LogP contribution in [0.1, 0.15) is 11.1 Å². The number of rotatable bonds is 6. The summed E-state index contributed by atoms with van der Waals surface area (Å²) < 4.78 is 18.0. The maximum atomic E-state index is 12.8. The molecule has 0 radical (unpaired) electrons. The fourth-order valence-corrected chi connectivity index (χ4v) is 2.10. The molecule has 0 aromatic heterocycles. The topological polar surface area (TPSA) is 67.4 Å². The van der Waals surface area contributed by atoms with Gasteiger partial charge in [0.2, 0.25) is 5.91 Å². The number of amides is 2. The number of aryl methyl sites for hydroxylation is 2. The Morgan fingerprint density at radius 3 is 2.25 bits per heavy atom. The second kappa shape index (κ2) is 8.10. The molecule has 0 heterocycles. The lowest BCUT2D eigenvalue weighted by molar-refractivity contribution is -0.125. The number of anilines is 1. The first-order chi connectivity index (χ1) is 11.5. The Labute approximate surface area is 139 Å². The van der Waals surface area contributed by atoms with E-state index in [9.17, 15) is 14.0 Å². The van der Waals surface area contributed by atoms with Crippen LogP contribution in [-0.2, 0) is 9.59 Å². The van der Waals surface area contributed by atoms with E-state index in [0.29, 0.717) is 5.75 Å². The molecule has 2 N–H and O–H groups in total. The van der Waals surface area contributed by atoms with Gasteiger partial charge in [-0.3, -0.25) is 9.59 Å². The summed E-state index contributed by atoms with van der Waals surface area (Å²) >= 11 is 0. The number of hydrogen-bond acceptors (Lipinski definition) is 3. The van der Waals surface area contributed by atoms with E-state index in [-0.39, 0.29) is 24.9 Å². The zero-order chi connectivity index (χ0) is 17.5. The van der Waals surface area contributed by atoms with E-state index in [1.807, 2.05) is 32.0 Å². The first kappa shape index (κ1) is 17.5. The number of para-hydroxylation sites is 1. The number of nitrogens with one attached hydrogen (secondary N) is 2. The molecule has 2 aromatic rings. The molecule has 2 rings (SSSR count). The van der Waals surface area contributed by atoms with Crippen molar-refractivity contribution in [2.45, 2.75) is 13.8 Å². The molecule has 6 heteroatoms. The number of ether oxygens (including phenoxy) is 1. The highest BCUT2D eigenvalue weighted by molar-refractivity contribution is 5.95. The van der Waals surface area contributed by atoms with Gasteiger partial charge in [0.25, 0.3) is 5.91 Å². The van der Waals surface area contributed by atoms with Crippen LogP contribution in [0, 0.1) is 19.7 Å². The Hall–Kier alpha value is -2.89. The van der Waals surface area contributed by atoms with E-state index in [1.165, 1.54) is 24.3 Å². The van der Waals surface area contributed by atoms with Gasteiger partial charge in [0.15, 0.2) is 6.61 Å². The highest BCUT2D eigenvalue weighted by Crippen LogP contribution is 2.19.